The summed E-state index contributed by atoms with van der Waals surface area (Å²) in [6.07, 6.45) is 4.25. The first-order valence-electron chi connectivity index (χ1n) is 11.2. The van der Waals surface area contributed by atoms with Gasteiger partial charge in [0.2, 0.25) is 0 Å². The number of amides is 2. The lowest BCUT2D eigenvalue weighted by Crippen LogP contribution is -2.35. The summed E-state index contributed by atoms with van der Waals surface area (Å²) in [6.45, 7) is 7.09. The summed E-state index contributed by atoms with van der Waals surface area (Å²) in [4.78, 5) is 27.1. The Bertz CT molecular complexity index is 874. The van der Waals surface area contributed by atoms with Gasteiger partial charge in [0.1, 0.15) is 0 Å². The van der Waals surface area contributed by atoms with Crippen molar-refractivity contribution in [1.29, 1.82) is 0 Å². The van der Waals surface area contributed by atoms with E-state index in [1.54, 1.807) is 18.2 Å². The average Bonchev–Trinajstić information content (AvgIpc) is 2.82. The molecule has 0 unspecified atom stereocenters. The molecule has 3 rings (SSSR count). The number of hydrogen-bond acceptors (Lipinski definition) is 4. The Kier molecular flexibility index (Phi) is 8.33. The molecule has 31 heavy (non-hydrogen) atoms. The van der Waals surface area contributed by atoms with Crippen molar-refractivity contribution >= 4 is 11.8 Å². The van der Waals surface area contributed by atoms with Gasteiger partial charge in [0.15, 0.2) is 11.5 Å². The maximum Gasteiger partial charge on any atom is 0.253 e. The van der Waals surface area contributed by atoms with Crippen molar-refractivity contribution in [2.45, 2.75) is 46.1 Å². The Labute approximate surface area is 184 Å². The van der Waals surface area contributed by atoms with E-state index in [2.05, 4.69) is 5.32 Å². The van der Waals surface area contributed by atoms with E-state index in [-0.39, 0.29) is 11.8 Å². The minimum atomic E-state index is -0.184. The van der Waals surface area contributed by atoms with Gasteiger partial charge in [-0.3, -0.25) is 9.59 Å². The fourth-order valence-electron chi connectivity index (χ4n) is 3.58. The molecule has 0 radical (unpaired) electrons. The van der Waals surface area contributed by atoms with Gasteiger partial charge >= 0.3 is 0 Å². The molecule has 6 heteroatoms. The van der Waals surface area contributed by atoms with Crippen LogP contribution in [0.4, 0.5) is 0 Å². The van der Waals surface area contributed by atoms with Gasteiger partial charge in [0.25, 0.3) is 11.8 Å². The van der Waals surface area contributed by atoms with Gasteiger partial charge in [0, 0.05) is 30.8 Å². The van der Waals surface area contributed by atoms with Crippen LogP contribution in [0.3, 0.4) is 0 Å². The second-order valence-corrected chi connectivity index (χ2v) is 7.68. The molecule has 0 saturated carbocycles. The van der Waals surface area contributed by atoms with Crippen molar-refractivity contribution in [1.82, 2.24) is 10.2 Å². The molecule has 166 valence electrons. The van der Waals surface area contributed by atoms with E-state index in [1.807, 2.05) is 43.0 Å². The van der Waals surface area contributed by atoms with Crippen LogP contribution in [0.1, 0.15) is 65.8 Å². The van der Waals surface area contributed by atoms with Crippen molar-refractivity contribution in [3.63, 3.8) is 0 Å². The zero-order valence-corrected chi connectivity index (χ0v) is 18.5. The standard InChI is InChI=1S/C25H32N2O4/c1-3-16-31-22-13-12-21(17-23(22)30-4-2)24(28)26-18-19-8-10-20(11-9-19)25(29)27-14-6-5-7-15-27/h8-13,17H,3-7,14-16,18H2,1-2H3,(H,26,28). The summed E-state index contributed by atoms with van der Waals surface area (Å²) >= 11 is 0. The summed E-state index contributed by atoms with van der Waals surface area (Å²) < 4.78 is 11.3. The van der Waals surface area contributed by atoms with Crippen molar-refractivity contribution < 1.29 is 19.1 Å². The number of likely N-dealkylation sites (tertiary alicyclic amines) is 1. The van der Waals surface area contributed by atoms with Gasteiger partial charge in [-0.15, -0.1) is 0 Å². The first-order valence-corrected chi connectivity index (χ1v) is 11.2. The number of nitrogens with one attached hydrogen (secondary N) is 1. The molecule has 0 bridgehead atoms. The third-order valence-electron chi connectivity index (χ3n) is 5.26. The summed E-state index contributed by atoms with van der Waals surface area (Å²) in [5, 5.41) is 2.93. The van der Waals surface area contributed by atoms with Crippen LogP contribution in [0.2, 0.25) is 0 Å². The molecule has 0 atom stereocenters. The van der Waals surface area contributed by atoms with E-state index >= 15 is 0 Å². The Morgan fingerprint density at radius 3 is 2.29 bits per heavy atom. The van der Waals surface area contributed by atoms with Crippen molar-refractivity contribution in [2.75, 3.05) is 26.3 Å². The number of carbonyl (C=O) groups is 2. The third kappa shape index (κ3) is 6.23. The maximum atomic E-state index is 12.6. The smallest absolute Gasteiger partial charge is 0.253 e. The Morgan fingerprint density at radius 1 is 0.903 bits per heavy atom. The van der Waals surface area contributed by atoms with Crippen molar-refractivity contribution in [3.05, 3.63) is 59.2 Å². The van der Waals surface area contributed by atoms with Crippen LogP contribution >= 0.6 is 0 Å². The lowest BCUT2D eigenvalue weighted by molar-refractivity contribution is 0.0724. The predicted octanol–water partition coefficient (Wildman–Crippen LogP) is 4.43. The molecular weight excluding hydrogens is 392 g/mol. The van der Waals surface area contributed by atoms with Gasteiger partial charge in [-0.25, -0.2) is 0 Å². The Hall–Kier alpha value is -3.02. The monoisotopic (exact) mass is 424 g/mol. The van der Waals surface area contributed by atoms with Crippen LogP contribution in [0, 0.1) is 0 Å². The largest absolute Gasteiger partial charge is 0.490 e. The molecule has 2 amide bonds. The van der Waals surface area contributed by atoms with Crippen molar-refractivity contribution in [2.24, 2.45) is 0 Å². The predicted molar refractivity (Wildman–Crippen MR) is 121 cm³/mol. The van der Waals surface area contributed by atoms with Crippen molar-refractivity contribution in [3.8, 4) is 11.5 Å². The van der Waals surface area contributed by atoms with E-state index in [0.29, 0.717) is 42.4 Å². The molecule has 1 saturated heterocycles. The summed E-state index contributed by atoms with van der Waals surface area (Å²) in [6, 6.07) is 12.7. The zero-order valence-electron chi connectivity index (χ0n) is 18.5. The number of hydrogen-bond donors (Lipinski definition) is 1. The molecular formula is C25H32N2O4. The van der Waals surface area contributed by atoms with Crippen LogP contribution in [0.15, 0.2) is 42.5 Å². The van der Waals surface area contributed by atoms with E-state index in [9.17, 15) is 9.59 Å². The second kappa shape index (κ2) is 11.4. The summed E-state index contributed by atoms with van der Waals surface area (Å²) in [7, 11) is 0. The topological polar surface area (TPSA) is 67.9 Å². The minimum Gasteiger partial charge on any atom is -0.490 e. The fraction of sp³-hybridized carbons (Fsp3) is 0.440. The normalized spacial score (nSPS) is 13.5. The van der Waals surface area contributed by atoms with Gasteiger partial charge < -0.3 is 19.7 Å². The lowest BCUT2D eigenvalue weighted by Gasteiger charge is -2.26. The molecule has 0 spiro atoms. The number of rotatable bonds is 9. The molecule has 2 aromatic rings. The maximum absolute atomic E-state index is 12.6. The van der Waals surface area contributed by atoms with E-state index < -0.39 is 0 Å². The van der Waals surface area contributed by atoms with Gasteiger partial charge in [-0.2, -0.15) is 0 Å². The molecule has 1 fully saturated rings. The highest BCUT2D eigenvalue weighted by Crippen LogP contribution is 2.28. The highest BCUT2D eigenvalue weighted by molar-refractivity contribution is 5.95. The molecule has 1 aliphatic rings. The molecule has 0 aromatic heterocycles. The third-order valence-corrected chi connectivity index (χ3v) is 5.26. The highest BCUT2D eigenvalue weighted by atomic mass is 16.5. The van der Waals surface area contributed by atoms with Gasteiger partial charge in [-0.05, 0) is 68.5 Å². The van der Waals surface area contributed by atoms with Crippen LogP contribution in [0.25, 0.3) is 0 Å². The second-order valence-electron chi connectivity index (χ2n) is 7.68. The van der Waals surface area contributed by atoms with Crippen LogP contribution in [-0.4, -0.2) is 43.0 Å². The molecule has 1 heterocycles. The van der Waals surface area contributed by atoms with Gasteiger partial charge in [0.05, 0.1) is 13.2 Å². The molecule has 2 aromatic carbocycles. The van der Waals surface area contributed by atoms with Crippen LogP contribution in [-0.2, 0) is 6.54 Å². The van der Waals surface area contributed by atoms with E-state index in [1.165, 1.54) is 6.42 Å². The number of ether oxygens (including phenoxy) is 2. The number of benzene rings is 2. The van der Waals surface area contributed by atoms with E-state index in [4.69, 9.17) is 9.47 Å². The number of piperidine rings is 1. The number of carbonyl (C=O) groups excluding carboxylic acids is 2. The molecule has 0 aliphatic carbocycles. The average molecular weight is 425 g/mol. The summed E-state index contributed by atoms with van der Waals surface area (Å²) in [5.41, 5.74) is 2.15. The Morgan fingerprint density at radius 2 is 1.61 bits per heavy atom. The quantitative estimate of drug-likeness (QED) is 0.647. The van der Waals surface area contributed by atoms with Gasteiger partial charge in [-0.1, -0.05) is 19.1 Å². The lowest BCUT2D eigenvalue weighted by atomic mass is 10.1. The zero-order chi connectivity index (χ0) is 22.1. The molecule has 1 aliphatic heterocycles. The van der Waals surface area contributed by atoms with E-state index in [0.717, 1.165) is 37.9 Å². The first-order chi connectivity index (χ1) is 15.1. The molecule has 6 nitrogen and oxygen atoms in total. The fourth-order valence-corrected chi connectivity index (χ4v) is 3.58. The van der Waals surface area contributed by atoms with Crippen LogP contribution < -0.4 is 14.8 Å². The highest BCUT2D eigenvalue weighted by Gasteiger charge is 2.18. The molecule has 1 N–H and O–H groups in total. The first kappa shape index (κ1) is 22.7. The Balaban J connectivity index is 1.58. The van der Waals surface area contributed by atoms with Crippen LogP contribution in [0.5, 0.6) is 11.5 Å². The summed E-state index contributed by atoms with van der Waals surface area (Å²) in [5.74, 6) is 1.12. The number of nitrogens with zero attached hydrogens (tertiary/aromatic N) is 1. The minimum absolute atomic E-state index is 0.0871. The SMILES string of the molecule is CCCOc1ccc(C(=O)NCc2ccc(C(=O)N3CCCCC3)cc2)cc1OCC.